The van der Waals surface area contributed by atoms with E-state index in [0.29, 0.717) is 5.58 Å². The zero-order chi connectivity index (χ0) is 15.0. The van der Waals surface area contributed by atoms with Crippen LogP contribution in [-0.4, -0.2) is 29.2 Å². The lowest BCUT2D eigenvalue weighted by Crippen LogP contribution is -2.35. The predicted octanol–water partition coefficient (Wildman–Crippen LogP) is 2.37. The lowest BCUT2D eigenvalue weighted by molar-refractivity contribution is 0.0794. The Bertz CT molecular complexity index is 712. The van der Waals surface area contributed by atoms with E-state index in [1.165, 1.54) is 0 Å². The van der Waals surface area contributed by atoms with Crippen molar-refractivity contribution in [2.24, 2.45) is 0 Å². The van der Waals surface area contributed by atoms with Crippen LogP contribution in [0, 0.1) is 13.8 Å². The Morgan fingerprint density at radius 1 is 1.29 bits per heavy atom. The number of aliphatic hydroxyl groups excluding tert-OH is 1. The Hall–Kier alpha value is -1.65. The number of hydrogen-bond donors (Lipinski definition) is 1. The number of nitrogens with zero attached hydrogens (tertiary/aromatic N) is 1. The van der Waals surface area contributed by atoms with Crippen molar-refractivity contribution in [1.29, 1.82) is 0 Å². The highest BCUT2D eigenvalue weighted by Gasteiger charge is 2.18. The van der Waals surface area contributed by atoms with Gasteiger partial charge in [0.05, 0.1) is 6.10 Å². The number of likely N-dealkylation sites (tertiary alicyclic amines) is 1. The number of aliphatic hydroxyl groups is 1. The van der Waals surface area contributed by atoms with Gasteiger partial charge in [0.25, 0.3) is 0 Å². The molecular weight excluding hydrogens is 266 g/mol. The fraction of sp³-hybridized carbons (Fsp3) is 0.471. The zero-order valence-corrected chi connectivity index (χ0v) is 12.6. The predicted molar refractivity (Wildman–Crippen MR) is 82.5 cm³/mol. The second-order valence-electron chi connectivity index (χ2n) is 5.98. The molecule has 0 bridgehead atoms. The van der Waals surface area contributed by atoms with Crippen molar-refractivity contribution in [2.75, 3.05) is 13.1 Å². The average molecular weight is 287 g/mol. The quantitative estimate of drug-likeness (QED) is 0.862. The van der Waals surface area contributed by atoms with Crippen LogP contribution >= 0.6 is 0 Å². The minimum absolute atomic E-state index is 0.177. The van der Waals surface area contributed by atoms with Crippen LogP contribution < -0.4 is 5.63 Å². The monoisotopic (exact) mass is 287 g/mol. The van der Waals surface area contributed by atoms with Crippen LogP contribution in [0.2, 0.25) is 0 Å². The van der Waals surface area contributed by atoms with Gasteiger partial charge in [-0.25, -0.2) is 4.79 Å². The van der Waals surface area contributed by atoms with Crippen LogP contribution in [0.25, 0.3) is 11.0 Å². The Kier molecular flexibility index (Phi) is 3.83. The van der Waals surface area contributed by atoms with Crippen molar-refractivity contribution in [1.82, 2.24) is 4.90 Å². The van der Waals surface area contributed by atoms with E-state index in [-0.39, 0.29) is 11.7 Å². The van der Waals surface area contributed by atoms with Crippen LogP contribution in [0.5, 0.6) is 0 Å². The Morgan fingerprint density at radius 3 is 2.71 bits per heavy atom. The van der Waals surface area contributed by atoms with Gasteiger partial charge in [0, 0.05) is 31.1 Å². The molecule has 112 valence electrons. The van der Waals surface area contributed by atoms with Crippen molar-refractivity contribution < 1.29 is 9.52 Å². The van der Waals surface area contributed by atoms with Gasteiger partial charge in [-0.15, -0.1) is 0 Å². The smallest absolute Gasteiger partial charge is 0.336 e. The second kappa shape index (κ2) is 5.62. The Morgan fingerprint density at radius 2 is 2.00 bits per heavy atom. The van der Waals surface area contributed by atoms with Gasteiger partial charge in [-0.05, 0) is 43.4 Å². The molecule has 0 unspecified atom stereocenters. The molecular formula is C17H21NO3. The first-order valence-corrected chi connectivity index (χ1v) is 7.48. The van der Waals surface area contributed by atoms with Gasteiger partial charge in [0.1, 0.15) is 5.58 Å². The molecule has 0 spiro atoms. The third-order valence-electron chi connectivity index (χ3n) is 4.47. The van der Waals surface area contributed by atoms with Crippen LogP contribution in [0.1, 0.15) is 29.5 Å². The molecule has 0 amide bonds. The van der Waals surface area contributed by atoms with Crippen LogP contribution in [0.3, 0.4) is 0 Å². The topological polar surface area (TPSA) is 53.7 Å². The molecule has 0 radical (unpaired) electrons. The maximum Gasteiger partial charge on any atom is 0.336 e. The molecule has 1 aliphatic heterocycles. The number of rotatable bonds is 2. The molecule has 1 saturated heterocycles. The third kappa shape index (κ3) is 2.87. The first-order chi connectivity index (χ1) is 10.0. The summed E-state index contributed by atoms with van der Waals surface area (Å²) in [4.78, 5) is 14.1. The van der Waals surface area contributed by atoms with Crippen LogP contribution in [-0.2, 0) is 6.54 Å². The van der Waals surface area contributed by atoms with Gasteiger partial charge in [0.2, 0.25) is 0 Å². The van der Waals surface area contributed by atoms with Crippen molar-refractivity contribution in [3.05, 3.63) is 45.3 Å². The minimum Gasteiger partial charge on any atom is -0.422 e. The number of aryl methyl sites for hydroxylation is 2. The molecule has 2 aromatic rings. The van der Waals surface area contributed by atoms with Gasteiger partial charge in [-0.2, -0.15) is 0 Å². The van der Waals surface area contributed by atoms with E-state index in [0.717, 1.165) is 54.6 Å². The van der Waals surface area contributed by atoms with Gasteiger partial charge >= 0.3 is 5.63 Å². The molecule has 2 heterocycles. The van der Waals surface area contributed by atoms with E-state index in [2.05, 4.69) is 11.0 Å². The Labute approximate surface area is 124 Å². The first kappa shape index (κ1) is 14.3. The van der Waals surface area contributed by atoms with Crippen molar-refractivity contribution in [3.8, 4) is 0 Å². The molecule has 3 rings (SSSR count). The second-order valence-corrected chi connectivity index (χ2v) is 5.98. The molecule has 0 atom stereocenters. The summed E-state index contributed by atoms with van der Waals surface area (Å²) in [6, 6.07) is 5.71. The summed E-state index contributed by atoms with van der Waals surface area (Å²) in [5, 5.41) is 10.6. The fourth-order valence-electron chi connectivity index (χ4n) is 2.97. The molecule has 4 heteroatoms. The summed E-state index contributed by atoms with van der Waals surface area (Å²) in [7, 11) is 0. The molecule has 21 heavy (non-hydrogen) atoms. The summed E-state index contributed by atoms with van der Waals surface area (Å²) in [6.45, 7) is 6.48. The summed E-state index contributed by atoms with van der Waals surface area (Å²) < 4.78 is 5.41. The maximum absolute atomic E-state index is 11.8. The van der Waals surface area contributed by atoms with Crippen LogP contribution in [0.15, 0.2) is 27.4 Å². The van der Waals surface area contributed by atoms with Crippen molar-refractivity contribution in [3.63, 3.8) is 0 Å². The lowest BCUT2D eigenvalue weighted by atomic mass is 10.0. The maximum atomic E-state index is 11.8. The van der Waals surface area contributed by atoms with Gasteiger partial charge < -0.3 is 9.52 Å². The highest BCUT2D eigenvalue weighted by Crippen LogP contribution is 2.24. The molecule has 0 aliphatic carbocycles. The van der Waals surface area contributed by atoms with E-state index in [1.807, 2.05) is 19.9 Å². The van der Waals surface area contributed by atoms with Gasteiger partial charge in [0.15, 0.2) is 0 Å². The number of fused-ring (bicyclic) bond motifs is 1. The van der Waals surface area contributed by atoms with Gasteiger partial charge in [-0.1, -0.05) is 12.1 Å². The molecule has 1 aromatic heterocycles. The highest BCUT2D eigenvalue weighted by atomic mass is 16.4. The molecule has 1 N–H and O–H groups in total. The van der Waals surface area contributed by atoms with Crippen molar-refractivity contribution >= 4 is 11.0 Å². The summed E-state index contributed by atoms with van der Waals surface area (Å²) in [5.74, 6) is 0. The summed E-state index contributed by atoms with van der Waals surface area (Å²) >= 11 is 0. The minimum atomic E-state index is -0.289. The highest BCUT2D eigenvalue weighted by molar-refractivity contribution is 5.83. The van der Waals surface area contributed by atoms with E-state index in [1.54, 1.807) is 6.07 Å². The molecule has 1 aliphatic rings. The standard InChI is InChI=1S/C17H21NO3/c1-11-3-4-15-13(9-16(20)21-17(15)12(11)2)10-18-7-5-14(19)6-8-18/h3-4,9,14,19H,5-8,10H2,1-2H3. The number of hydrogen-bond acceptors (Lipinski definition) is 4. The number of benzene rings is 1. The summed E-state index contributed by atoms with van der Waals surface area (Å²) in [6.07, 6.45) is 1.43. The third-order valence-corrected chi connectivity index (χ3v) is 4.47. The zero-order valence-electron chi connectivity index (χ0n) is 12.6. The van der Waals surface area contributed by atoms with Crippen LogP contribution in [0.4, 0.5) is 0 Å². The lowest BCUT2D eigenvalue weighted by Gasteiger charge is -2.29. The fourth-order valence-corrected chi connectivity index (χ4v) is 2.97. The molecule has 1 fully saturated rings. The average Bonchev–Trinajstić information content (AvgIpc) is 2.46. The van der Waals surface area contributed by atoms with E-state index >= 15 is 0 Å². The first-order valence-electron chi connectivity index (χ1n) is 7.48. The SMILES string of the molecule is Cc1ccc2c(CN3CCC(O)CC3)cc(=O)oc2c1C. The normalized spacial score (nSPS) is 17.5. The number of piperidine rings is 1. The molecule has 0 saturated carbocycles. The van der Waals surface area contributed by atoms with E-state index in [4.69, 9.17) is 4.42 Å². The van der Waals surface area contributed by atoms with Crippen molar-refractivity contribution in [2.45, 2.75) is 39.3 Å². The Balaban J connectivity index is 1.98. The van der Waals surface area contributed by atoms with E-state index < -0.39 is 0 Å². The largest absolute Gasteiger partial charge is 0.422 e. The molecule has 4 nitrogen and oxygen atoms in total. The van der Waals surface area contributed by atoms with Gasteiger partial charge in [-0.3, -0.25) is 4.90 Å². The summed E-state index contributed by atoms with van der Waals surface area (Å²) in [5.41, 5.74) is 3.59. The van der Waals surface area contributed by atoms with E-state index in [9.17, 15) is 9.90 Å². The molecule has 1 aromatic carbocycles.